The lowest BCUT2D eigenvalue weighted by atomic mass is 10.1. The Hall–Kier alpha value is -1.26. The second kappa shape index (κ2) is 9.64. The van der Waals surface area contributed by atoms with Crippen LogP contribution in [0.15, 0.2) is 6.07 Å². The molecule has 1 N–H and O–H groups in total. The van der Waals surface area contributed by atoms with Gasteiger partial charge in [0.1, 0.15) is 5.69 Å². The Morgan fingerprint density at radius 2 is 1.24 bits per heavy atom. The Morgan fingerprint density at radius 1 is 0.762 bits per heavy atom. The maximum atomic E-state index is 13.3. The average molecular weight is 305 g/mol. The van der Waals surface area contributed by atoms with Crippen molar-refractivity contribution in [1.29, 1.82) is 0 Å². The number of halogens is 4. The zero-order chi connectivity index (χ0) is 15.7. The number of unbranched alkanes of at least 4 members (excludes halogenated alkanes) is 7. The molecule has 0 aliphatic carbocycles. The van der Waals surface area contributed by atoms with E-state index in [0.717, 1.165) is 19.3 Å². The molecule has 0 aromatic heterocycles. The Balaban J connectivity index is 2.24. The highest BCUT2D eigenvalue weighted by Gasteiger charge is 2.18. The molecule has 1 aromatic rings. The minimum Gasteiger partial charge on any atom is -0.380 e. The van der Waals surface area contributed by atoms with Gasteiger partial charge in [-0.1, -0.05) is 51.9 Å². The van der Waals surface area contributed by atoms with Gasteiger partial charge >= 0.3 is 0 Å². The Morgan fingerprint density at radius 3 is 1.76 bits per heavy atom. The number of hydrogen-bond acceptors (Lipinski definition) is 1. The molecule has 5 heteroatoms. The topological polar surface area (TPSA) is 12.0 Å². The van der Waals surface area contributed by atoms with Gasteiger partial charge in [-0.25, -0.2) is 17.6 Å². The van der Waals surface area contributed by atoms with Gasteiger partial charge in [0.25, 0.3) is 0 Å². The van der Waals surface area contributed by atoms with Crippen molar-refractivity contribution in [2.24, 2.45) is 0 Å². The third-order valence-corrected chi connectivity index (χ3v) is 3.44. The third kappa shape index (κ3) is 5.94. The fourth-order valence-corrected chi connectivity index (χ4v) is 2.20. The first-order valence-electron chi connectivity index (χ1n) is 7.64. The summed E-state index contributed by atoms with van der Waals surface area (Å²) in [5.41, 5.74) is -0.713. The highest BCUT2D eigenvalue weighted by molar-refractivity contribution is 5.47. The van der Waals surface area contributed by atoms with E-state index < -0.39 is 29.0 Å². The SMILES string of the molecule is CCCCCCCCCCNc1c(F)c(F)cc(F)c1F. The van der Waals surface area contributed by atoms with Crippen LogP contribution in [0.25, 0.3) is 0 Å². The molecule has 0 aliphatic rings. The van der Waals surface area contributed by atoms with Crippen LogP contribution in [0.5, 0.6) is 0 Å². The normalized spacial score (nSPS) is 10.9. The van der Waals surface area contributed by atoms with Crippen molar-refractivity contribution in [3.05, 3.63) is 29.3 Å². The van der Waals surface area contributed by atoms with E-state index in [0.29, 0.717) is 13.0 Å². The maximum absolute atomic E-state index is 13.3. The summed E-state index contributed by atoms with van der Waals surface area (Å²) in [6, 6.07) is 0.214. The second-order valence-electron chi connectivity index (χ2n) is 5.24. The minimum absolute atomic E-state index is 0.214. The number of benzene rings is 1. The van der Waals surface area contributed by atoms with E-state index in [1.165, 1.54) is 25.7 Å². The van der Waals surface area contributed by atoms with Gasteiger partial charge in [-0.05, 0) is 6.42 Å². The van der Waals surface area contributed by atoms with Gasteiger partial charge < -0.3 is 5.32 Å². The molecule has 21 heavy (non-hydrogen) atoms. The van der Waals surface area contributed by atoms with Gasteiger partial charge in [0.05, 0.1) is 0 Å². The van der Waals surface area contributed by atoms with E-state index in [1.807, 2.05) is 0 Å². The molecule has 0 aliphatic heterocycles. The number of nitrogens with one attached hydrogen (secondary N) is 1. The second-order valence-corrected chi connectivity index (χ2v) is 5.24. The third-order valence-electron chi connectivity index (χ3n) is 3.44. The van der Waals surface area contributed by atoms with Gasteiger partial charge in [0.15, 0.2) is 23.3 Å². The molecule has 120 valence electrons. The van der Waals surface area contributed by atoms with Crippen LogP contribution < -0.4 is 5.32 Å². The smallest absolute Gasteiger partial charge is 0.185 e. The first kappa shape index (κ1) is 17.8. The molecule has 0 spiro atoms. The summed E-state index contributed by atoms with van der Waals surface area (Å²) in [6.07, 6.45) is 8.78. The molecule has 1 rings (SSSR count). The van der Waals surface area contributed by atoms with Crippen molar-refractivity contribution in [3.63, 3.8) is 0 Å². The van der Waals surface area contributed by atoms with Crippen molar-refractivity contribution in [3.8, 4) is 0 Å². The first-order valence-corrected chi connectivity index (χ1v) is 7.64. The van der Waals surface area contributed by atoms with E-state index in [4.69, 9.17) is 0 Å². The number of anilines is 1. The highest BCUT2D eigenvalue weighted by atomic mass is 19.2. The van der Waals surface area contributed by atoms with Crippen molar-refractivity contribution in [2.75, 3.05) is 11.9 Å². The molecule has 1 aromatic carbocycles. The zero-order valence-corrected chi connectivity index (χ0v) is 12.5. The van der Waals surface area contributed by atoms with Crippen molar-refractivity contribution in [1.82, 2.24) is 0 Å². The van der Waals surface area contributed by atoms with Crippen LogP contribution in [0, 0.1) is 23.3 Å². The molecule has 0 amide bonds. The van der Waals surface area contributed by atoms with Gasteiger partial charge in [-0.3, -0.25) is 0 Å². The number of rotatable bonds is 10. The maximum Gasteiger partial charge on any atom is 0.185 e. The molecule has 0 unspecified atom stereocenters. The van der Waals surface area contributed by atoms with E-state index in [-0.39, 0.29) is 6.07 Å². The summed E-state index contributed by atoms with van der Waals surface area (Å²) in [6.45, 7) is 2.46. The highest BCUT2D eigenvalue weighted by Crippen LogP contribution is 2.24. The fourth-order valence-electron chi connectivity index (χ4n) is 2.20. The van der Waals surface area contributed by atoms with Crippen molar-refractivity contribution < 1.29 is 17.6 Å². The van der Waals surface area contributed by atoms with Crippen LogP contribution in [0.4, 0.5) is 23.2 Å². The van der Waals surface area contributed by atoms with Crippen LogP contribution in [0.3, 0.4) is 0 Å². The van der Waals surface area contributed by atoms with Gasteiger partial charge in [0.2, 0.25) is 0 Å². The minimum atomic E-state index is -1.38. The van der Waals surface area contributed by atoms with Crippen LogP contribution in [0.2, 0.25) is 0 Å². The van der Waals surface area contributed by atoms with Crippen molar-refractivity contribution in [2.45, 2.75) is 58.3 Å². The lowest BCUT2D eigenvalue weighted by Gasteiger charge is -2.09. The van der Waals surface area contributed by atoms with E-state index in [9.17, 15) is 17.6 Å². The average Bonchev–Trinajstić information content (AvgIpc) is 2.46. The summed E-state index contributed by atoms with van der Waals surface area (Å²) in [5, 5.41) is 2.44. The molecule has 1 nitrogen and oxygen atoms in total. The van der Waals surface area contributed by atoms with Crippen LogP contribution in [-0.4, -0.2) is 6.54 Å². The summed E-state index contributed by atoms with van der Waals surface area (Å²) in [4.78, 5) is 0. The Kier molecular flexibility index (Phi) is 8.16. The van der Waals surface area contributed by atoms with Crippen LogP contribution in [0.1, 0.15) is 58.3 Å². The molecule has 0 heterocycles. The molecule has 0 atom stereocenters. The molecule has 0 saturated carbocycles. The Bertz CT molecular complexity index is 409. The predicted molar refractivity (Wildman–Crippen MR) is 77.4 cm³/mol. The van der Waals surface area contributed by atoms with E-state index >= 15 is 0 Å². The van der Waals surface area contributed by atoms with E-state index in [1.54, 1.807) is 0 Å². The largest absolute Gasteiger partial charge is 0.380 e. The number of hydrogen-bond donors (Lipinski definition) is 1. The molecular formula is C16H23F4N. The summed E-state index contributed by atoms with van der Waals surface area (Å²) in [7, 11) is 0. The van der Waals surface area contributed by atoms with Crippen molar-refractivity contribution >= 4 is 5.69 Å². The zero-order valence-electron chi connectivity index (χ0n) is 12.5. The summed E-state index contributed by atoms with van der Waals surface area (Å²) >= 11 is 0. The predicted octanol–water partition coefficient (Wildman–Crippen LogP) is 5.80. The molecule has 0 fully saturated rings. The van der Waals surface area contributed by atoms with Crippen LogP contribution in [-0.2, 0) is 0 Å². The standard InChI is InChI=1S/C16H23F4N/c1-2-3-4-5-6-7-8-9-10-21-16-14(19)12(17)11-13(18)15(16)20/h11,21H,2-10H2,1H3. The molecular weight excluding hydrogens is 282 g/mol. The Labute approximate surface area is 123 Å². The van der Waals surface area contributed by atoms with Gasteiger partial charge in [-0.2, -0.15) is 0 Å². The van der Waals surface area contributed by atoms with E-state index in [2.05, 4.69) is 12.2 Å². The van der Waals surface area contributed by atoms with Gasteiger partial charge in [0, 0.05) is 12.6 Å². The summed E-state index contributed by atoms with van der Waals surface area (Å²) < 4.78 is 52.6. The van der Waals surface area contributed by atoms with Gasteiger partial charge in [-0.15, -0.1) is 0 Å². The first-order chi connectivity index (χ1) is 10.1. The monoisotopic (exact) mass is 305 g/mol. The lowest BCUT2D eigenvalue weighted by Crippen LogP contribution is -2.08. The molecule has 0 bridgehead atoms. The summed E-state index contributed by atoms with van der Waals surface area (Å²) in [5.74, 6) is -5.50. The lowest BCUT2D eigenvalue weighted by molar-refractivity contribution is 0.458. The van der Waals surface area contributed by atoms with Crippen LogP contribution >= 0.6 is 0 Å². The fraction of sp³-hybridized carbons (Fsp3) is 0.625. The quantitative estimate of drug-likeness (QED) is 0.327. The molecule has 0 saturated heterocycles. The molecule has 0 radical (unpaired) electrons.